The third kappa shape index (κ3) is 3.46. The summed E-state index contributed by atoms with van der Waals surface area (Å²) in [6.45, 7) is 14.9. The second kappa shape index (κ2) is 6.07. The van der Waals surface area contributed by atoms with E-state index in [-0.39, 0.29) is 5.54 Å². The highest BCUT2D eigenvalue weighted by Gasteiger charge is 2.40. The first-order valence-corrected chi connectivity index (χ1v) is 9.14. The van der Waals surface area contributed by atoms with Gasteiger partial charge in [0.25, 0.3) is 0 Å². The van der Waals surface area contributed by atoms with E-state index in [1.54, 1.807) is 0 Å². The van der Waals surface area contributed by atoms with Crippen LogP contribution < -0.4 is 5.32 Å². The monoisotopic (exact) mass is 358 g/mol. The molecule has 2 heterocycles. The van der Waals surface area contributed by atoms with Crippen LogP contribution in [-0.4, -0.2) is 29.6 Å². The predicted molar refractivity (Wildman–Crippen MR) is 92.4 cm³/mol. The van der Waals surface area contributed by atoms with Crippen molar-refractivity contribution in [2.75, 3.05) is 13.1 Å². The number of hydrogen-bond acceptors (Lipinski definition) is 3. The topological polar surface area (TPSA) is 15.3 Å². The molecule has 1 aromatic heterocycles. The Kier molecular flexibility index (Phi) is 5.00. The van der Waals surface area contributed by atoms with Gasteiger partial charge in [0, 0.05) is 40.6 Å². The smallest absolute Gasteiger partial charge is 0.0345 e. The zero-order chi connectivity index (χ0) is 15.0. The highest BCUT2D eigenvalue weighted by atomic mass is 79.9. The third-order valence-corrected chi connectivity index (χ3v) is 6.64. The van der Waals surface area contributed by atoms with E-state index in [9.17, 15) is 0 Å². The number of nitrogens with one attached hydrogen (secondary N) is 1. The van der Waals surface area contributed by atoms with Gasteiger partial charge in [0.2, 0.25) is 0 Å². The van der Waals surface area contributed by atoms with Gasteiger partial charge in [0.15, 0.2) is 0 Å². The lowest BCUT2D eigenvalue weighted by molar-refractivity contribution is 0.0163. The SMILES string of the molecule is CCC1(C)CNC(C(C)(C)C)CN1Cc1sccc1Br. The summed E-state index contributed by atoms with van der Waals surface area (Å²) >= 11 is 5.53. The van der Waals surface area contributed by atoms with E-state index in [1.807, 2.05) is 11.3 Å². The fraction of sp³-hybridized carbons (Fsp3) is 0.750. The van der Waals surface area contributed by atoms with E-state index in [0.29, 0.717) is 11.5 Å². The largest absolute Gasteiger partial charge is 0.310 e. The molecule has 1 saturated heterocycles. The molecular weight excluding hydrogens is 332 g/mol. The molecule has 114 valence electrons. The average Bonchev–Trinajstić information content (AvgIpc) is 2.76. The Balaban J connectivity index is 2.18. The first kappa shape index (κ1) is 16.5. The Bertz CT molecular complexity index is 452. The summed E-state index contributed by atoms with van der Waals surface area (Å²) in [5.74, 6) is 0. The summed E-state index contributed by atoms with van der Waals surface area (Å²) in [6, 6.07) is 2.72. The lowest BCUT2D eigenvalue weighted by Gasteiger charge is -2.51. The highest BCUT2D eigenvalue weighted by Crippen LogP contribution is 2.33. The van der Waals surface area contributed by atoms with Crippen LogP contribution in [0.15, 0.2) is 15.9 Å². The Morgan fingerprint density at radius 2 is 2.20 bits per heavy atom. The second-order valence-electron chi connectivity index (χ2n) is 7.22. The number of nitrogens with zero attached hydrogens (tertiary/aromatic N) is 1. The van der Waals surface area contributed by atoms with E-state index >= 15 is 0 Å². The van der Waals surface area contributed by atoms with Crippen LogP contribution in [0.1, 0.15) is 45.9 Å². The Labute approximate surface area is 136 Å². The maximum Gasteiger partial charge on any atom is 0.0345 e. The average molecular weight is 359 g/mol. The molecule has 2 atom stereocenters. The van der Waals surface area contributed by atoms with Crippen LogP contribution in [0.3, 0.4) is 0 Å². The van der Waals surface area contributed by atoms with Crippen molar-refractivity contribution in [2.24, 2.45) is 5.41 Å². The summed E-state index contributed by atoms with van der Waals surface area (Å²) in [7, 11) is 0. The summed E-state index contributed by atoms with van der Waals surface area (Å²) in [5.41, 5.74) is 0.561. The standard InChI is InChI=1S/C16H27BrN2S/c1-6-16(5)11-18-14(15(2,3)4)10-19(16)9-13-12(17)7-8-20-13/h7-8,14,18H,6,9-11H2,1-5H3. The van der Waals surface area contributed by atoms with Gasteiger partial charge in [-0.15, -0.1) is 11.3 Å². The molecule has 2 rings (SSSR count). The molecule has 0 aromatic carbocycles. The Morgan fingerprint density at radius 1 is 1.50 bits per heavy atom. The molecule has 0 bridgehead atoms. The second-order valence-corrected chi connectivity index (χ2v) is 9.08. The summed E-state index contributed by atoms with van der Waals surface area (Å²) < 4.78 is 1.26. The van der Waals surface area contributed by atoms with Crippen molar-refractivity contribution in [1.29, 1.82) is 0 Å². The minimum Gasteiger partial charge on any atom is -0.310 e. The predicted octanol–water partition coefficient (Wildman–Crippen LogP) is 4.50. The van der Waals surface area contributed by atoms with Gasteiger partial charge in [-0.3, -0.25) is 4.90 Å². The van der Waals surface area contributed by atoms with E-state index in [2.05, 4.69) is 72.2 Å². The molecule has 0 spiro atoms. The minimum atomic E-state index is 0.255. The number of halogens is 1. The lowest BCUT2D eigenvalue weighted by Crippen LogP contribution is -2.65. The van der Waals surface area contributed by atoms with Crippen LogP contribution in [0.5, 0.6) is 0 Å². The van der Waals surface area contributed by atoms with Crippen molar-refractivity contribution in [1.82, 2.24) is 10.2 Å². The fourth-order valence-electron chi connectivity index (χ4n) is 2.76. The van der Waals surface area contributed by atoms with Gasteiger partial charge in [-0.25, -0.2) is 0 Å². The van der Waals surface area contributed by atoms with Crippen LogP contribution in [0.25, 0.3) is 0 Å². The highest BCUT2D eigenvalue weighted by molar-refractivity contribution is 9.10. The molecule has 0 amide bonds. The molecule has 1 aliphatic heterocycles. The van der Waals surface area contributed by atoms with E-state index in [1.165, 1.54) is 15.8 Å². The summed E-state index contributed by atoms with van der Waals surface area (Å²) in [4.78, 5) is 4.12. The van der Waals surface area contributed by atoms with Crippen molar-refractivity contribution in [3.05, 3.63) is 20.8 Å². The normalized spacial score (nSPS) is 28.8. The van der Waals surface area contributed by atoms with Crippen LogP contribution in [0.2, 0.25) is 0 Å². The third-order valence-electron chi connectivity index (χ3n) is 4.73. The van der Waals surface area contributed by atoms with Crippen molar-refractivity contribution in [2.45, 2.75) is 59.2 Å². The number of thiophene rings is 1. The number of hydrogen-bond donors (Lipinski definition) is 1. The zero-order valence-corrected chi connectivity index (χ0v) is 15.7. The van der Waals surface area contributed by atoms with Gasteiger partial charge in [-0.05, 0) is 46.1 Å². The Hall–Kier alpha value is 0.100. The molecule has 1 fully saturated rings. The van der Waals surface area contributed by atoms with Gasteiger partial charge in [-0.1, -0.05) is 27.7 Å². The molecular formula is C16H27BrN2S. The quantitative estimate of drug-likeness (QED) is 0.855. The van der Waals surface area contributed by atoms with E-state index in [4.69, 9.17) is 0 Å². The van der Waals surface area contributed by atoms with Gasteiger partial charge >= 0.3 is 0 Å². The first-order valence-electron chi connectivity index (χ1n) is 7.46. The maximum atomic E-state index is 3.77. The maximum absolute atomic E-state index is 3.77. The van der Waals surface area contributed by atoms with E-state index < -0.39 is 0 Å². The molecule has 2 nitrogen and oxygen atoms in total. The number of piperazine rings is 1. The molecule has 0 radical (unpaired) electrons. The van der Waals surface area contributed by atoms with Crippen LogP contribution in [0.4, 0.5) is 0 Å². The molecule has 0 saturated carbocycles. The molecule has 1 N–H and O–H groups in total. The van der Waals surface area contributed by atoms with Crippen LogP contribution >= 0.6 is 27.3 Å². The van der Waals surface area contributed by atoms with Gasteiger partial charge in [-0.2, -0.15) is 0 Å². The van der Waals surface area contributed by atoms with Crippen molar-refractivity contribution in [3.8, 4) is 0 Å². The van der Waals surface area contributed by atoms with Gasteiger partial charge in [0.05, 0.1) is 0 Å². The molecule has 1 aliphatic rings. The van der Waals surface area contributed by atoms with Crippen molar-refractivity contribution < 1.29 is 0 Å². The van der Waals surface area contributed by atoms with E-state index in [0.717, 1.165) is 19.6 Å². The Morgan fingerprint density at radius 3 is 2.70 bits per heavy atom. The summed E-state index contributed by atoms with van der Waals surface area (Å²) in [6.07, 6.45) is 1.18. The first-order chi connectivity index (χ1) is 9.26. The van der Waals surface area contributed by atoms with Crippen LogP contribution in [0, 0.1) is 5.41 Å². The number of rotatable bonds is 3. The van der Waals surface area contributed by atoms with Gasteiger partial charge in [0.1, 0.15) is 0 Å². The molecule has 4 heteroatoms. The minimum absolute atomic E-state index is 0.255. The van der Waals surface area contributed by atoms with Crippen LogP contribution in [-0.2, 0) is 6.54 Å². The zero-order valence-electron chi connectivity index (χ0n) is 13.3. The van der Waals surface area contributed by atoms with Gasteiger partial charge < -0.3 is 5.32 Å². The fourth-order valence-corrected chi connectivity index (χ4v) is 4.25. The lowest BCUT2D eigenvalue weighted by atomic mass is 9.81. The van der Waals surface area contributed by atoms with Crippen molar-refractivity contribution >= 4 is 27.3 Å². The molecule has 2 unspecified atom stereocenters. The molecule has 20 heavy (non-hydrogen) atoms. The summed E-state index contributed by atoms with van der Waals surface area (Å²) in [5, 5.41) is 5.95. The molecule has 1 aromatic rings. The molecule has 0 aliphatic carbocycles. The van der Waals surface area contributed by atoms with Crippen molar-refractivity contribution in [3.63, 3.8) is 0 Å².